The Bertz CT molecular complexity index is 1110. The lowest BCUT2D eigenvalue weighted by Crippen LogP contribution is -2.19. The van der Waals surface area contributed by atoms with Crippen molar-refractivity contribution in [3.8, 4) is 0 Å². The number of fused-ring (bicyclic) bond motifs is 2. The van der Waals surface area contributed by atoms with Gasteiger partial charge in [-0.05, 0) is 56.2 Å². The number of aryl methyl sites for hydroxylation is 1. The minimum absolute atomic E-state index is 0.00873. The molecule has 0 unspecified atom stereocenters. The number of allylic oxidation sites excluding steroid dienone is 1. The second-order valence-corrected chi connectivity index (χ2v) is 6.75. The van der Waals surface area contributed by atoms with Crippen LogP contribution in [0.15, 0.2) is 41.7 Å². The number of aromatic nitrogens is 1. The van der Waals surface area contributed by atoms with Gasteiger partial charge in [0.05, 0.1) is 22.7 Å². The second-order valence-electron chi connectivity index (χ2n) is 6.34. The normalized spacial score (nSPS) is 11.1. The molecule has 1 aromatic heterocycles. The molecule has 0 saturated heterocycles. The van der Waals surface area contributed by atoms with Gasteiger partial charge in [0.2, 0.25) is 0 Å². The van der Waals surface area contributed by atoms with Crippen LogP contribution < -0.4 is 5.43 Å². The Labute approximate surface area is 156 Å². The molecule has 0 atom stereocenters. The first-order valence-electron chi connectivity index (χ1n) is 8.42. The molecule has 0 radical (unpaired) electrons. The third-order valence-corrected chi connectivity index (χ3v) is 4.66. The van der Waals surface area contributed by atoms with Crippen LogP contribution >= 0.6 is 11.6 Å². The maximum Gasteiger partial charge on any atom is 0.325 e. The first-order chi connectivity index (χ1) is 12.3. The van der Waals surface area contributed by atoms with Crippen molar-refractivity contribution >= 4 is 44.9 Å². The minimum atomic E-state index is -0.368. The van der Waals surface area contributed by atoms with E-state index >= 15 is 0 Å². The SMILES string of the molecule is C=C(C)c1c(Cl)ccc2c(=O)c3ccc(C)cc3n(CC(=O)OCC)c12. The number of nitrogens with zero attached hydrogens (tertiary/aromatic N) is 1. The average Bonchev–Trinajstić information content (AvgIpc) is 2.58. The Hall–Kier alpha value is -2.59. The molecule has 0 saturated carbocycles. The fraction of sp³-hybridized carbons (Fsp3) is 0.238. The first kappa shape index (κ1) is 18.2. The van der Waals surface area contributed by atoms with Crippen LogP contribution in [-0.4, -0.2) is 17.1 Å². The zero-order chi connectivity index (χ0) is 19.0. The van der Waals surface area contributed by atoms with Crippen LogP contribution in [0.2, 0.25) is 5.02 Å². The molecule has 1 heterocycles. The van der Waals surface area contributed by atoms with Crippen LogP contribution in [0.25, 0.3) is 27.4 Å². The Morgan fingerprint density at radius 2 is 1.92 bits per heavy atom. The van der Waals surface area contributed by atoms with Gasteiger partial charge in [-0.25, -0.2) is 0 Å². The number of hydrogen-bond donors (Lipinski definition) is 0. The molecule has 0 aliphatic carbocycles. The molecule has 2 aromatic carbocycles. The summed E-state index contributed by atoms with van der Waals surface area (Å²) in [6.07, 6.45) is 0. The molecule has 0 bridgehead atoms. The standard InChI is InChI=1S/C21H20ClNO3/c1-5-26-18(24)11-23-17-10-13(4)6-7-14(17)21(25)15-8-9-16(22)19(12(2)3)20(15)23/h6-10H,2,5,11H2,1,3-4H3. The molecule has 0 aliphatic heterocycles. The van der Waals surface area contributed by atoms with Crippen LogP contribution in [0.1, 0.15) is 25.0 Å². The molecular weight excluding hydrogens is 350 g/mol. The fourth-order valence-electron chi connectivity index (χ4n) is 3.26. The summed E-state index contributed by atoms with van der Waals surface area (Å²) in [6.45, 7) is 9.83. The summed E-state index contributed by atoms with van der Waals surface area (Å²) in [6, 6.07) is 8.99. The van der Waals surface area contributed by atoms with E-state index in [0.29, 0.717) is 39.0 Å². The van der Waals surface area contributed by atoms with Crippen molar-refractivity contribution < 1.29 is 9.53 Å². The van der Waals surface area contributed by atoms with Gasteiger partial charge in [0, 0.05) is 16.3 Å². The number of ether oxygens (including phenoxy) is 1. The zero-order valence-corrected chi connectivity index (χ0v) is 15.8. The van der Waals surface area contributed by atoms with E-state index in [0.717, 1.165) is 11.1 Å². The molecule has 26 heavy (non-hydrogen) atoms. The topological polar surface area (TPSA) is 48.3 Å². The lowest BCUT2D eigenvalue weighted by molar-refractivity contribution is -0.143. The third-order valence-electron chi connectivity index (χ3n) is 4.35. The highest BCUT2D eigenvalue weighted by Gasteiger charge is 2.18. The van der Waals surface area contributed by atoms with Crippen LogP contribution in [0.3, 0.4) is 0 Å². The van der Waals surface area contributed by atoms with Crippen molar-refractivity contribution in [3.63, 3.8) is 0 Å². The summed E-state index contributed by atoms with van der Waals surface area (Å²) in [5, 5.41) is 1.56. The van der Waals surface area contributed by atoms with Crippen molar-refractivity contribution in [3.05, 3.63) is 63.3 Å². The summed E-state index contributed by atoms with van der Waals surface area (Å²) in [4.78, 5) is 25.3. The number of hydrogen-bond acceptors (Lipinski definition) is 3. The van der Waals surface area contributed by atoms with Crippen LogP contribution in [0.5, 0.6) is 0 Å². The van der Waals surface area contributed by atoms with Gasteiger partial charge in [-0.3, -0.25) is 9.59 Å². The molecule has 134 valence electrons. The number of benzene rings is 2. The number of halogens is 1. The molecule has 0 fully saturated rings. The zero-order valence-electron chi connectivity index (χ0n) is 15.1. The molecular formula is C21H20ClNO3. The summed E-state index contributed by atoms with van der Waals surface area (Å²) in [5.74, 6) is -0.368. The van der Waals surface area contributed by atoms with Crippen molar-refractivity contribution in [2.24, 2.45) is 0 Å². The number of pyridine rings is 1. The van der Waals surface area contributed by atoms with Crippen molar-refractivity contribution in [1.29, 1.82) is 0 Å². The monoisotopic (exact) mass is 369 g/mol. The summed E-state index contributed by atoms with van der Waals surface area (Å²) >= 11 is 6.41. The van der Waals surface area contributed by atoms with Crippen LogP contribution in [-0.2, 0) is 16.1 Å². The number of carbonyl (C=O) groups excluding carboxylic acids is 1. The molecule has 0 N–H and O–H groups in total. The van der Waals surface area contributed by atoms with E-state index in [1.165, 1.54) is 0 Å². The van der Waals surface area contributed by atoms with Gasteiger partial charge in [-0.1, -0.05) is 24.2 Å². The number of rotatable bonds is 4. The lowest BCUT2D eigenvalue weighted by Gasteiger charge is -2.18. The van der Waals surface area contributed by atoms with Crippen LogP contribution in [0.4, 0.5) is 0 Å². The minimum Gasteiger partial charge on any atom is -0.465 e. The van der Waals surface area contributed by atoms with Gasteiger partial charge in [0.25, 0.3) is 0 Å². The van der Waals surface area contributed by atoms with Gasteiger partial charge in [0.15, 0.2) is 5.43 Å². The average molecular weight is 370 g/mol. The second kappa shape index (κ2) is 6.96. The number of esters is 1. The molecule has 0 amide bonds. The molecule has 3 rings (SSSR count). The summed E-state index contributed by atoms with van der Waals surface area (Å²) in [5.41, 5.74) is 3.60. The van der Waals surface area contributed by atoms with E-state index in [1.54, 1.807) is 25.1 Å². The fourth-order valence-corrected chi connectivity index (χ4v) is 3.57. The van der Waals surface area contributed by atoms with E-state index < -0.39 is 0 Å². The Kier molecular flexibility index (Phi) is 4.88. The van der Waals surface area contributed by atoms with Gasteiger partial charge in [0.1, 0.15) is 6.54 Å². The van der Waals surface area contributed by atoms with Crippen molar-refractivity contribution in [2.75, 3.05) is 6.61 Å². The maximum atomic E-state index is 13.0. The van der Waals surface area contributed by atoms with Gasteiger partial charge in [-0.15, -0.1) is 0 Å². The Balaban J connectivity index is 2.54. The molecule has 0 aliphatic rings. The predicted molar refractivity (Wildman–Crippen MR) is 107 cm³/mol. The van der Waals surface area contributed by atoms with E-state index in [4.69, 9.17) is 16.3 Å². The van der Waals surface area contributed by atoms with E-state index in [-0.39, 0.29) is 17.9 Å². The molecule has 0 spiro atoms. The first-order valence-corrected chi connectivity index (χ1v) is 8.79. The van der Waals surface area contributed by atoms with Crippen molar-refractivity contribution in [2.45, 2.75) is 27.3 Å². The largest absolute Gasteiger partial charge is 0.465 e. The van der Waals surface area contributed by atoms with Crippen molar-refractivity contribution in [1.82, 2.24) is 4.57 Å². The quantitative estimate of drug-likeness (QED) is 0.494. The van der Waals surface area contributed by atoms with E-state index in [9.17, 15) is 9.59 Å². The van der Waals surface area contributed by atoms with Gasteiger partial charge >= 0.3 is 5.97 Å². The van der Waals surface area contributed by atoms with E-state index in [1.807, 2.05) is 30.5 Å². The van der Waals surface area contributed by atoms with Gasteiger partial charge in [-0.2, -0.15) is 0 Å². The third kappa shape index (κ3) is 3.01. The van der Waals surface area contributed by atoms with E-state index in [2.05, 4.69) is 6.58 Å². The Morgan fingerprint density at radius 1 is 1.23 bits per heavy atom. The highest BCUT2D eigenvalue weighted by atomic mass is 35.5. The Morgan fingerprint density at radius 3 is 2.58 bits per heavy atom. The molecule has 4 nitrogen and oxygen atoms in total. The van der Waals surface area contributed by atoms with Crippen LogP contribution in [0, 0.1) is 6.92 Å². The summed E-state index contributed by atoms with van der Waals surface area (Å²) < 4.78 is 6.95. The highest BCUT2D eigenvalue weighted by molar-refractivity contribution is 6.33. The predicted octanol–water partition coefficient (Wildman–Crippen LogP) is 4.71. The maximum absolute atomic E-state index is 13.0. The number of carbonyl (C=O) groups is 1. The lowest BCUT2D eigenvalue weighted by atomic mass is 10.0. The molecule has 3 aromatic rings. The molecule has 5 heteroatoms. The highest BCUT2D eigenvalue weighted by Crippen LogP contribution is 2.32. The summed E-state index contributed by atoms with van der Waals surface area (Å²) in [7, 11) is 0. The van der Waals surface area contributed by atoms with Gasteiger partial charge < -0.3 is 9.30 Å². The smallest absolute Gasteiger partial charge is 0.325 e.